The molecule has 1 N–H and O–H groups in total. The van der Waals surface area contributed by atoms with E-state index in [4.69, 9.17) is 33.7 Å². The van der Waals surface area contributed by atoms with E-state index in [1.807, 2.05) is 124 Å². The van der Waals surface area contributed by atoms with Crippen LogP contribution in [-0.4, -0.2) is 139 Å². The van der Waals surface area contributed by atoms with Gasteiger partial charge in [0.15, 0.2) is 5.88 Å². The molecule has 0 spiro atoms. The highest BCUT2D eigenvalue weighted by atomic mass is 28.3. The van der Waals surface area contributed by atoms with Gasteiger partial charge in [-0.15, -0.1) is 0 Å². The van der Waals surface area contributed by atoms with Gasteiger partial charge in [-0.25, -0.2) is 14.8 Å². The molecule has 0 aliphatic carbocycles. The number of benzene rings is 2. The Morgan fingerprint density at radius 1 is 0.750 bits per heavy atom. The lowest BCUT2D eigenvalue weighted by atomic mass is 9.90. The summed E-state index contributed by atoms with van der Waals surface area (Å²) in [7, 11) is -0.0975. The summed E-state index contributed by atoms with van der Waals surface area (Å²) in [5.74, 6) is 7.07. The molecule has 6 rings (SSSR count). The van der Waals surface area contributed by atoms with Crippen molar-refractivity contribution < 1.29 is 42.9 Å². The first-order valence-electron chi connectivity index (χ1n) is 28.3. The molecule has 2 fully saturated rings. The molecule has 0 unspecified atom stereocenters. The minimum Gasteiger partial charge on any atom is -0.474 e. The third-order valence-electron chi connectivity index (χ3n) is 14.5. The largest absolute Gasteiger partial charge is 0.474 e. The lowest BCUT2D eigenvalue weighted by molar-refractivity contribution is -0.151. The van der Waals surface area contributed by atoms with Crippen molar-refractivity contribution in [2.24, 2.45) is 17.8 Å². The van der Waals surface area contributed by atoms with Crippen LogP contribution in [0.1, 0.15) is 103 Å². The number of amides is 3. The van der Waals surface area contributed by atoms with Gasteiger partial charge in [0, 0.05) is 78.4 Å². The summed E-state index contributed by atoms with van der Waals surface area (Å²) in [6, 6.07) is 16.5. The van der Waals surface area contributed by atoms with Crippen molar-refractivity contribution in [3.8, 4) is 34.4 Å². The first kappa shape index (κ1) is 63.0. The molecule has 3 amide bonds. The second-order valence-electron chi connectivity index (χ2n) is 25.3. The standard InChI is InChI=1S/C61H90N8O9Si2/c1-42(2)49(36-54(70)74-9)58(71)68-31-30-65(44(5)78-61(6,7)8)39-53(68)57-63-50(38-66(57)40-76-32-34-79(11,12)13)47-25-21-45(22-26-47)19-20-46-23-27-48(28-24-46)52-37-62-56(69(52)41-77-33-35-80(14,15)16)51-18-17-29-67(51)59(72)55(43(3)4)64-60(73)75-10/h21-28,37-38,42-43,49,51,53,55H,5,17-18,29-36,39-41H2,1-4,6-16H3,(H,64,73)/t49-,51-,53-,55-/m0/s1. The summed E-state index contributed by atoms with van der Waals surface area (Å²) in [6.07, 6.45) is 4.73. The van der Waals surface area contributed by atoms with Crippen LogP contribution >= 0.6 is 0 Å². The first-order valence-corrected chi connectivity index (χ1v) is 35.7. The van der Waals surface area contributed by atoms with Gasteiger partial charge in [-0.1, -0.05) is 103 Å². The van der Waals surface area contributed by atoms with Crippen molar-refractivity contribution in [3.05, 3.63) is 96.2 Å². The van der Waals surface area contributed by atoms with E-state index in [-0.39, 0.29) is 49.6 Å². The summed E-state index contributed by atoms with van der Waals surface area (Å²) >= 11 is 0. The summed E-state index contributed by atoms with van der Waals surface area (Å²) in [4.78, 5) is 69.7. The van der Waals surface area contributed by atoms with Crippen LogP contribution < -0.4 is 5.32 Å². The lowest BCUT2D eigenvalue weighted by Crippen LogP contribution is -2.53. The van der Waals surface area contributed by atoms with E-state index in [0.29, 0.717) is 51.1 Å². The predicted octanol–water partition coefficient (Wildman–Crippen LogP) is 10.8. The smallest absolute Gasteiger partial charge is 0.407 e. The summed E-state index contributed by atoms with van der Waals surface area (Å²) in [5.41, 5.74) is 4.59. The monoisotopic (exact) mass is 1130 g/mol. The van der Waals surface area contributed by atoms with Crippen LogP contribution in [0.2, 0.25) is 51.4 Å². The Bertz CT molecular complexity index is 2810. The number of ether oxygens (including phenoxy) is 5. The quantitative estimate of drug-likeness (QED) is 0.0245. The van der Waals surface area contributed by atoms with Crippen LogP contribution in [0.4, 0.5) is 4.79 Å². The van der Waals surface area contributed by atoms with Crippen molar-refractivity contribution in [2.45, 2.75) is 156 Å². The van der Waals surface area contributed by atoms with Gasteiger partial charge in [0.2, 0.25) is 11.8 Å². The number of aromatic nitrogens is 4. The topological polar surface area (TPSA) is 172 Å². The van der Waals surface area contributed by atoms with E-state index in [1.54, 1.807) is 0 Å². The Morgan fingerprint density at radius 2 is 1.34 bits per heavy atom. The van der Waals surface area contributed by atoms with Gasteiger partial charge in [0.25, 0.3) is 0 Å². The third-order valence-corrected chi connectivity index (χ3v) is 18.0. The molecule has 19 heteroatoms. The summed E-state index contributed by atoms with van der Waals surface area (Å²) in [6.45, 7) is 35.5. The molecule has 2 aromatic heterocycles. The summed E-state index contributed by atoms with van der Waals surface area (Å²) < 4.78 is 33.0. The number of alkyl carbamates (subject to hydrolysis) is 1. The maximum atomic E-state index is 14.7. The Kier molecular flexibility index (Phi) is 21.7. The van der Waals surface area contributed by atoms with E-state index in [9.17, 15) is 19.2 Å². The number of nitrogens with zero attached hydrogens (tertiary/aromatic N) is 7. The number of hydrogen-bond acceptors (Lipinski definition) is 12. The van der Waals surface area contributed by atoms with Gasteiger partial charge in [0.05, 0.1) is 50.2 Å². The third kappa shape index (κ3) is 17.4. The summed E-state index contributed by atoms with van der Waals surface area (Å²) in [5, 5.41) is 2.75. The number of piperazine rings is 1. The fraction of sp³-hybridized carbons (Fsp3) is 0.574. The molecule has 17 nitrogen and oxygen atoms in total. The van der Waals surface area contributed by atoms with Crippen LogP contribution in [0, 0.1) is 29.6 Å². The van der Waals surface area contributed by atoms with E-state index in [1.165, 1.54) is 14.2 Å². The molecule has 80 heavy (non-hydrogen) atoms. The van der Waals surface area contributed by atoms with Crippen LogP contribution in [0.3, 0.4) is 0 Å². The fourth-order valence-electron chi connectivity index (χ4n) is 9.80. The predicted molar refractivity (Wildman–Crippen MR) is 318 cm³/mol. The second-order valence-corrected chi connectivity index (χ2v) is 36.5. The maximum absolute atomic E-state index is 14.7. The highest BCUT2D eigenvalue weighted by Gasteiger charge is 2.41. The van der Waals surface area contributed by atoms with E-state index in [2.05, 4.69) is 72.5 Å². The number of rotatable bonds is 23. The van der Waals surface area contributed by atoms with Crippen molar-refractivity contribution in [1.29, 1.82) is 0 Å². The van der Waals surface area contributed by atoms with E-state index >= 15 is 0 Å². The van der Waals surface area contributed by atoms with Gasteiger partial charge in [0.1, 0.15) is 42.8 Å². The molecule has 2 saturated heterocycles. The minimum absolute atomic E-state index is 0.0205. The van der Waals surface area contributed by atoms with Gasteiger partial charge in [-0.2, -0.15) is 0 Å². The molecule has 2 aliphatic heterocycles. The Balaban J connectivity index is 1.28. The van der Waals surface area contributed by atoms with Gasteiger partial charge < -0.3 is 52.8 Å². The van der Waals surface area contributed by atoms with Gasteiger partial charge in [-0.05, 0) is 93.9 Å². The number of likely N-dealkylation sites (tertiary alicyclic amines) is 1. The molecule has 2 aliphatic rings. The Hall–Kier alpha value is -6.21. The molecule has 4 heterocycles. The van der Waals surface area contributed by atoms with Crippen molar-refractivity contribution >= 4 is 40.0 Å². The molecule has 4 atom stereocenters. The SMILES string of the molecule is C=C(OC(C)(C)C)N1CCN(C(=O)[C@@H](CC(=O)OC)C(C)C)[C@H](c2nc(-c3ccc(C#Cc4ccc(-c5cnc([C@@H]6CCCN6C(=O)[C@@H](NC(=O)OC)C(C)C)n5COCC[Si](C)(C)C)cc4)cc3)cn2COCC[Si](C)(C)C)C1. The molecule has 436 valence electrons. The molecule has 2 aromatic carbocycles. The highest BCUT2D eigenvalue weighted by molar-refractivity contribution is 6.76. The average Bonchev–Trinajstić information content (AvgIpc) is 4.31. The minimum atomic E-state index is -1.39. The number of hydrogen-bond donors (Lipinski definition) is 1. The number of carbonyl (C=O) groups excluding carboxylic acids is 4. The second kappa shape index (κ2) is 27.5. The van der Waals surface area contributed by atoms with Crippen LogP contribution in [0.5, 0.6) is 0 Å². The number of methoxy groups -OCH3 is 2. The molecule has 0 saturated carbocycles. The fourth-order valence-corrected chi connectivity index (χ4v) is 11.3. The number of esters is 1. The zero-order chi connectivity index (χ0) is 58.7. The maximum Gasteiger partial charge on any atom is 0.407 e. The van der Waals surface area contributed by atoms with Crippen molar-refractivity contribution in [3.63, 3.8) is 0 Å². The highest BCUT2D eigenvalue weighted by Crippen LogP contribution is 2.37. The van der Waals surface area contributed by atoms with Gasteiger partial charge in [-0.3, -0.25) is 14.4 Å². The lowest BCUT2D eigenvalue weighted by Gasteiger charge is -2.44. The number of carbonyl (C=O) groups is 4. The Morgan fingerprint density at radius 3 is 1.89 bits per heavy atom. The molecule has 4 aromatic rings. The van der Waals surface area contributed by atoms with E-state index in [0.717, 1.165) is 64.4 Å². The van der Waals surface area contributed by atoms with E-state index < -0.39 is 51.8 Å². The molecular weight excluding hydrogens is 1040 g/mol. The van der Waals surface area contributed by atoms with Crippen molar-refractivity contribution in [1.82, 2.24) is 39.1 Å². The van der Waals surface area contributed by atoms with Crippen LogP contribution in [-0.2, 0) is 51.5 Å². The number of imidazole rings is 2. The zero-order valence-electron chi connectivity index (χ0n) is 50.4. The Labute approximate surface area is 478 Å². The zero-order valence-corrected chi connectivity index (χ0v) is 52.4. The van der Waals surface area contributed by atoms with Crippen LogP contribution in [0.25, 0.3) is 22.5 Å². The average molecular weight is 1140 g/mol. The van der Waals surface area contributed by atoms with Gasteiger partial charge >= 0.3 is 12.1 Å². The number of nitrogens with one attached hydrogen (secondary N) is 1. The van der Waals surface area contributed by atoms with Crippen LogP contribution in [0.15, 0.2) is 73.4 Å². The molecule has 0 radical (unpaired) electrons. The van der Waals surface area contributed by atoms with Crippen molar-refractivity contribution in [2.75, 3.05) is 53.6 Å². The molecule has 0 bridgehead atoms. The normalized spacial score (nSPS) is 16.8. The molecular formula is C61H90N8O9Si2. The first-order chi connectivity index (χ1) is 37.7.